The van der Waals surface area contributed by atoms with E-state index >= 15 is 0 Å². The van der Waals surface area contributed by atoms with Crippen LogP contribution in [0.3, 0.4) is 0 Å². The molecule has 1 nitrogen and oxygen atoms in total. The number of rotatable bonds is 13. The molecule has 0 aliphatic rings. The Morgan fingerprint density at radius 1 is 0.737 bits per heavy atom. The van der Waals surface area contributed by atoms with Crippen molar-refractivity contribution in [1.82, 2.24) is 0 Å². The molecule has 0 radical (unpaired) electrons. The zero-order valence-electron chi connectivity index (χ0n) is 12.7. The fraction of sp³-hybridized carbons (Fsp3) is 0.722. The van der Waals surface area contributed by atoms with Crippen LogP contribution in [0.15, 0.2) is 24.3 Å². The molecule has 1 heteroatoms. The summed E-state index contributed by atoms with van der Waals surface area (Å²) in [5.74, 6) is 0. The van der Waals surface area contributed by atoms with Crippen molar-refractivity contribution in [1.29, 1.82) is 5.26 Å². The predicted octanol–water partition coefficient (Wildman–Crippen LogP) is 6.32. The normalized spacial score (nSPS) is 11.4. The van der Waals surface area contributed by atoms with Gasteiger partial charge in [0.25, 0.3) is 0 Å². The Balaban J connectivity index is 3.15. The van der Waals surface area contributed by atoms with Gasteiger partial charge in [0, 0.05) is 6.42 Å². The summed E-state index contributed by atoms with van der Waals surface area (Å²) in [4.78, 5) is 0. The van der Waals surface area contributed by atoms with E-state index in [-0.39, 0.29) is 0 Å². The van der Waals surface area contributed by atoms with Crippen LogP contribution in [0.4, 0.5) is 0 Å². The SMILES string of the molecule is CCCCC/C=C\C/C=C\CCCCCCCC#N. The zero-order valence-corrected chi connectivity index (χ0v) is 12.7. The van der Waals surface area contributed by atoms with E-state index in [9.17, 15) is 0 Å². The quantitative estimate of drug-likeness (QED) is 0.281. The summed E-state index contributed by atoms with van der Waals surface area (Å²) >= 11 is 0. The summed E-state index contributed by atoms with van der Waals surface area (Å²) in [6, 6.07) is 2.20. The van der Waals surface area contributed by atoms with E-state index in [1.807, 2.05) is 0 Å². The van der Waals surface area contributed by atoms with Gasteiger partial charge < -0.3 is 0 Å². The molecule has 0 fully saturated rings. The average Bonchev–Trinajstić information content (AvgIpc) is 2.43. The Bertz CT molecular complexity index is 257. The van der Waals surface area contributed by atoms with Crippen molar-refractivity contribution in [3.8, 4) is 6.07 Å². The van der Waals surface area contributed by atoms with Crippen molar-refractivity contribution in [2.75, 3.05) is 0 Å². The van der Waals surface area contributed by atoms with Crippen molar-refractivity contribution in [3.05, 3.63) is 24.3 Å². The van der Waals surface area contributed by atoms with Gasteiger partial charge in [-0.2, -0.15) is 5.26 Å². The van der Waals surface area contributed by atoms with Crippen LogP contribution in [0.1, 0.15) is 84.0 Å². The molecular weight excluding hydrogens is 230 g/mol. The lowest BCUT2D eigenvalue weighted by molar-refractivity contribution is 0.623. The number of hydrogen-bond acceptors (Lipinski definition) is 1. The minimum absolute atomic E-state index is 0.727. The summed E-state index contributed by atoms with van der Waals surface area (Å²) in [5, 5.41) is 8.41. The molecule has 0 unspecified atom stereocenters. The molecule has 0 aromatic heterocycles. The standard InChI is InChI=1S/C18H31N/c1-2-3-4-5-6-7-8-9-10-11-12-13-14-15-16-17-18-19/h6-7,9-10H,2-5,8,11-17H2,1H3/b7-6-,10-9-. The molecule has 0 atom stereocenters. The van der Waals surface area contributed by atoms with Crippen LogP contribution in [0.25, 0.3) is 0 Å². The highest BCUT2D eigenvalue weighted by Crippen LogP contribution is 2.07. The van der Waals surface area contributed by atoms with Crippen LogP contribution in [0.5, 0.6) is 0 Å². The van der Waals surface area contributed by atoms with E-state index in [2.05, 4.69) is 37.3 Å². The topological polar surface area (TPSA) is 23.8 Å². The van der Waals surface area contributed by atoms with Gasteiger partial charge in [0.2, 0.25) is 0 Å². The van der Waals surface area contributed by atoms with E-state index in [0.717, 1.165) is 19.3 Å². The molecule has 108 valence electrons. The Morgan fingerprint density at radius 2 is 1.32 bits per heavy atom. The van der Waals surface area contributed by atoms with Crippen LogP contribution in [0.2, 0.25) is 0 Å². The van der Waals surface area contributed by atoms with Gasteiger partial charge in [-0.25, -0.2) is 0 Å². The first-order valence-electron chi connectivity index (χ1n) is 8.08. The van der Waals surface area contributed by atoms with Crippen LogP contribution in [-0.4, -0.2) is 0 Å². The second-order valence-corrected chi connectivity index (χ2v) is 5.14. The zero-order chi connectivity index (χ0) is 14.0. The fourth-order valence-electron chi connectivity index (χ4n) is 2.02. The van der Waals surface area contributed by atoms with Gasteiger partial charge in [-0.1, -0.05) is 63.3 Å². The lowest BCUT2D eigenvalue weighted by Gasteiger charge is -1.96. The molecule has 0 N–H and O–H groups in total. The summed E-state index contributed by atoms with van der Waals surface area (Å²) in [5.41, 5.74) is 0. The molecule has 0 aliphatic heterocycles. The molecule has 0 aromatic rings. The number of hydrogen-bond donors (Lipinski definition) is 0. The fourth-order valence-corrected chi connectivity index (χ4v) is 2.02. The number of allylic oxidation sites excluding steroid dienone is 4. The third kappa shape index (κ3) is 17.0. The molecule has 0 saturated carbocycles. The largest absolute Gasteiger partial charge is 0.198 e. The monoisotopic (exact) mass is 261 g/mol. The van der Waals surface area contributed by atoms with Crippen molar-refractivity contribution < 1.29 is 0 Å². The van der Waals surface area contributed by atoms with Gasteiger partial charge in [0.05, 0.1) is 6.07 Å². The van der Waals surface area contributed by atoms with Crippen LogP contribution < -0.4 is 0 Å². The maximum absolute atomic E-state index is 8.41. The first-order valence-corrected chi connectivity index (χ1v) is 8.08. The van der Waals surface area contributed by atoms with E-state index < -0.39 is 0 Å². The first kappa shape index (κ1) is 18.0. The Morgan fingerprint density at radius 3 is 1.95 bits per heavy atom. The molecule has 0 amide bonds. The van der Waals surface area contributed by atoms with Crippen LogP contribution in [-0.2, 0) is 0 Å². The smallest absolute Gasteiger partial charge is 0.0621 e. The van der Waals surface area contributed by atoms with E-state index in [4.69, 9.17) is 5.26 Å². The summed E-state index contributed by atoms with van der Waals surface area (Å²) < 4.78 is 0. The maximum atomic E-state index is 8.41. The molecule has 0 rings (SSSR count). The Labute approximate surface area is 120 Å². The second kappa shape index (κ2) is 17.0. The number of unbranched alkanes of at least 4 members (excludes halogenated alkanes) is 9. The third-order valence-corrected chi connectivity index (χ3v) is 3.24. The summed E-state index contributed by atoms with van der Waals surface area (Å²) in [6.07, 6.45) is 23.7. The van der Waals surface area contributed by atoms with Gasteiger partial charge in [-0.3, -0.25) is 0 Å². The molecule has 0 aliphatic carbocycles. The van der Waals surface area contributed by atoms with Gasteiger partial charge >= 0.3 is 0 Å². The lowest BCUT2D eigenvalue weighted by atomic mass is 10.1. The second-order valence-electron chi connectivity index (χ2n) is 5.14. The molecule has 0 saturated heterocycles. The lowest BCUT2D eigenvalue weighted by Crippen LogP contribution is -1.78. The van der Waals surface area contributed by atoms with Crippen molar-refractivity contribution in [2.24, 2.45) is 0 Å². The highest BCUT2D eigenvalue weighted by molar-refractivity contribution is 4.92. The van der Waals surface area contributed by atoms with E-state index in [0.29, 0.717) is 0 Å². The maximum Gasteiger partial charge on any atom is 0.0621 e. The van der Waals surface area contributed by atoms with E-state index in [1.165, 1.54) is 57.8 Å². The number of nitrogens with zero attached hydrogens (tertiary/aromatic N) is 1. The first-order chi connectivity index (χ1) is 9.41. The van der Waals surface area contributed by atoms with Crippen LogP contribution in [0, 0.1) is 11.3 Å². The van der Waals surface area contributed by atoms with E-state index in [1.54, 1.807) is 0 Å². The van der Waals surface area contributed by atoms with Crippen molar-refractivity contribution in [3.63, 3.8) is 0 Å². The third-order valence-electron chi connectivity index (χ3n) is 3.24. The van der Waals surface area contributed by atoms with Crippen molar-refractivity contribution in [2.45, 2.75) is 84.0 Å². The average molecular weight is 261 g/mol. The molecule has 0 heterocycles. The molecular formula is C18H31N. The highest BCUT2D eigenvalue weighted by atomic mass is 14.2. The Hall–Kier alpha value is -1.03. The molecule has 0 bridgehead atoms. The Kier molecular flexibility index (Phi) is 16.1. The van der Waals surface area contributed by atoms with Crippen LogP contribution >= 0.6 is 0 Å². The van der Waals surface area contributed by atoms with Gasteiger partial charge in [0.15, 0.2) is 0 Å². The van der Waals surface area contributed by atoms with Gasteiger partial charge in [-0.05, 0) is 38.5 Å². The summed E-state index contributed by atoms with van der Waals surface area (Å²) in [6.45, 7) is 2.25. The van der Waals surface area contributed by atoms with Crippen molar-refractivity contribution >= 4 is 0 Å². The predicted molar refractivity (Wildman–Crippen MR) is 85.0 cm³/mol. The summed E-state index contributed by atoms with van der Waals surface area (Å²) in [7, 11) is 0. The number of nitriles is 1. The molecule has 0 aromatic carbocycles. The molecule has 0 spiro atoms. The van der Waals surface area contributed by atoms with Gasteiger partial charge in [0.1, 0.15) is 0 Å². The minimum Gasteiger partial charge on any atom is -0.198 e. The molecule has 19 heavy (non-hydrogen) atoms. The minimum atomic E-state index is 0.727. The highest BCUT2D eigenvalue weighted by Gasteiger charge is 1.89. The van der Waals surface area contributed by atoms with Gasteiger partial charge in [-0.15, -0.1) is 0 Å².